The van der Waals surface area contributed by atoms with E-state index in [0.29, 0.717) is 11.9 Å². The first-order valence-corrected chi connectivity index (χ1v) is 8.49. The van der Waals surface area contributed by atoms with Crippen LogP contribution in [0.2, 0.25) is 0 Å². The summed E-state index contributed by atoms with van der Waals surface area (Å²) in [6, 6.07) is 11.4. The zero-order valence-electron chi connectivity index (χ0n) is 14.2. The molecule has 3 nitrogen and oxygen atoms in total. The Morgan fingerprint density at radius 2 is 1.92 bits per heavy atom. The molecule has 1 saturated heterocycles. The smallest absolute Gasteiger partial charge is 0.357 e. The van der Waals surface area contributed by atoms with Crippen molar-refractivity contribution in [1.82, 2.24) is 10.3 Å². The first kappa shape index (κ1) is 17.7. The first-order valence-electron chi connectivity index (χ1n) is 8.49. The van der Waals surface area contributed by atoms with Crippen LogP contribution in [0.15, 0.2) is 42.6 Å². The zero-order valence-corrected chi connectivity index (χ0v) is 14.2. The highest BCUT2D eigenvalue weighted by molar-refractivity contribution is 5.40. The number of benzene rings is 1. The number of hydrogen-bond acceptors (Lipinski definition) is 3. The molecular weight excluding hydrogens is 327 g/mol. The van der Waals surface area contributed by atoms with E-state index in [1.807, 2.05) is 4.90 Å². The van der Waals surface area contributed by atoms with Gasteiger partial charge in [-0.15, -0.1) is 0 Å². The van der Waals surface area contributed by atoms with Gasteiger partial charge in [-0.2, -0.15) is 13.2 Å². The number of piperidine rings is 1. The van der Waals surface area contributed by atoms with Gasteiger partial charge < -0.3 is 10.2 Å². The molecule has 0 amide bonds. The molecule has 1 fully saturated rings. The molecule has 3 rings (SSSR count). The summed E-state index contributed by atoms with van der Waals surface area (Å²) < 4.78 is 37.8. The summed E-state index contributed by atoms with van der Waals surface area (Å²) in [5, 5.41) is 3.57. The quantitative estimate of drug-likeness (QED) is 0.898. The lowest BCUT2D eigenvalue weighted by atomic mass is 10.0. The van der Waals surface area contributed by atoms with E-state index >= 15 is 0 Å². The average Bonchev–Trinajstić information content (AvgIpc) is 2.60. The highest BCUT2D eigenvalue weighted by Crippen LogP contribution is 2.29. The van der Waals surface area contributed by atoms with Gasteiger partial charge >= 0.3 is 6.18 Å². The van der Waals surface area contributed by atoms with E-state index in [1.165, 1.54) is 17.2 Å². The highest BCUT2D eigenvalue weighted by atomic mass is 19.4. The molecule has 2 aromatic rings. The van der Waals surface area contributed by atoms with Gasteiger partial charge in [0.1, 0.15) is 5.82 Å². The Hall–Kier alpha value is -2.08. The minimum Gasteiger partial charge on any atom is -0.357 e. The number of hydrogen-bond donors (Lipinski definition) is 1. The lowest BCUT2D eigenvalue weighted by Crippen LogP contribution is -2.42. The number of nitrogens with zero attached hydrogens (tertiary/aromatic N) is 2. The van der Waals surface area contributed by atoms with Crippen molar-refractivity contribution < 1.29 is 13.2 Å². The van der Waals surface area contributed by atoms with Gasteiger partial charge in [-0.05, 0) is 37.5 Å². The first-order chi connectivity index (χ1) is 11.9. The Morgan fingerprint density at radius 1 is 1.16 bits per heavy atom. The predicted octanol–water partition coefficient (Wildman–Crippen LogP) is 4.17. The third kappa shape index (κ3) is 4.72. The third-order valence-corrected chi connectivity index (χ3v) is 4.57. The van der Waals surface area contributed by atoms with Crippen LogP contribution in [0.1, 0.15) is 29.5 Å². The second-order valence-electron chi connectivity index (χ2n) is 6.53. The van der Waals surface area contributed by atoms with Crippen molar-refractivity contribution in [3.05, 3.63) is 59.3 Å². The Kier molecular flexibility index (Phi) is 5.27. The van der Waals surface area contributed by atoms with Gasteiger partial charge in [-0.25, -0.2) is 4.98 Å². The highest BCUT2D eigenvalue weighted by Gasteiger charge is 2.31. The summed E-state index contributed by atoms with van der Waals surface area (Å²) in [7, 11) is 0. The van der Waals surface area contributed by atoms with Crippen molar-refractivity contribution >= 4 is 5.82 Å². The number of rotatable bonds is 4. The van der Waals surface area contributed by atoms with Gasteiger partial charge in [-0.1, -0.05) is 29.8 Å². The molecule has 1 aromatic carbocycles. The molecule has 134 valence electrons. The van der Waals surface area contributed by atoms with Crippen LogP contribution in [0.3, 0.4) is 0 Å². The molecule has 0 saturated carbocycles. The largest absolute Gasteiger partial charge is 0.417 e. The van der Waals surface area contributed by atoms with Crippen LogP contribution in [0.25, 0.3) is 0 Å². The SMILES string of the molecule is Cc1cccc(CNC2CCN(c3ccc(C(F)(F)F)cn3)CC2)c1. The molecule has 0 atom stereocenters. The maximum Gasteiger partial charge on any atom is 0.417 e. The van der Waals surface area contributed by atoms with Crippen molar-refractivity contribution in [3.63, 3.8) is 0 Å². The molecule has 0 unspecified atom stereocenters. The summed E-state index contributed by atoms with van der Waals surface area (Å²) in [5.41, 5.74) is 1.82. The molecule has 0 aliphatic carbocycles. The maximum absolute atomic E-state index is 12.6. The monoisotopic (exact) mass is 349 g/mol. The second kappa shape index (κ2) is 7.44. The number of nitrogens with one attached hydrogen (secondary N) is 1. The van der Waals surface area contributed by atoms with Gasteiger partial charge in [-0.3, -0.25) is 0 Å². The molecule has 1 aliphatic heterocycles. The van der Waals surface area contributed by atoms with Crippen LogP contribution in [0.4, 0.5) is 19.0 Å². The zero-order chi connectivity index (χ0) is 17.9. The molecule has 1 aromatic heterocycles. The molecule has 0 spiro atoms. The van der Waals surface area contributed by atoms with E-state index in [4.69, 9.17) is 0 Å². The fourth-order valence-electron chi connectivity index (χ4n) is 3.14. The van der Waals surface area contributed by atoms with Crippen molar-refractivity contribution in [3.8, 4) is 0 Å². The normalized spacial score (nSPS) is 16.2. The summed E-state index contributed by atoms with van der Waals surface area (Å²) in [4.78, 5) is 6.03. The van der Waals surface area contributed by atoms with Gasteiger partial charge in [0, 0.05) is 31.9 Å². The predicted molar refractivity (Wildman–Crippen MR) is 92.5 cm³/mol. The van der Waals surface area contributed by atoms with Crippen molar-refractivity contribution in [2.24, 2.45) is 0 Å². The van der Waals surface area contributed by atoms with E-state index in [9.17, 15) is 13.2 Å². The minimum atomic E-state index is -4.34. The molecule has 2 heterocycles. The fraction of sp³-hybridized carbons (Fsp3) is 0.421. The number of aromatic nitrogens is 1. The van der Waals surface area contributed by atoms with E-state index in [0.717, 1.165) is 44.7 Å². The van der Waals surface area contributed by atoms with E-state index in [-0.39, 0.29) is 0 Å². The molecular formula is C19H22F3N3. The number of halogens is 3. The van der Waals surface area contributed by atoms with Gasteiger partial charge in [0.25, 0.3) is 0 Å². The van der Waals surface area contributed by atoms with Crippen LogP contribution >= 0.6 is 0 Å². The van der Waals surface area contributed by atoms with E-state index in [1.54, 1.807) is 0 Å². The summed E-state index contributed by atoms with van der Waals surface area (Å²) >= 11 is 0. The number of anilines is 1. The molecule has 0 bridgehead atoms. The minimum absolute atomic E-state index is 0.422. The number of aryl methyl sites for hydroxylation is 1. The van der Waals surface area contributed by atoms with Crippen LogP contribution in [-0.4, -0.2) is 24.1 Å². The summed E-state index contributed by atoms with van der Waals surface area (Å²) in [6.07, 6.45) is -1.52. The summed E-state index contributed by atoms with van der Waals surface area (Å²) in [6.45, 7) is 4.51. The van der Waals surface area contributed by atoms with Gasteiger partial charge in [0.05, 0.1) is 5.56 Å². The van der Waals surface area contributed by atoms with Gasteiger partial charge in [0.15, 0.2) is 0 Å². The molecule has 0 radical (unpaired) electrons. The third-order valence-electron chi connectivity index (χ3n) is 4.57. The molecule has 1 aliphatic rings. The van der Waals surface area contributed by atoms with E-state index < -0.39 is 11.7 Å². The van der Waals surface area contributed by atoms with Crippen LogP contribution in [0.5, 0.6) is 0 Å². The Balaban J connectivity index is 1.50. The van der Waals surface area contributed by atoms with Crippen molar-refractivity contribution in [2.75, 3.05) is 18.0 Å². The lowest BCUT2D eigenvalue weighted by molar-refractivity contribution is -0.137. The van der Waals surface area contributed by atoms with Crippen molar-refractivity contribution in [2.45, 2.75) is 38.5 Å². The average molecular weight is 349 g/mol. The maximum atomic E-state index is 12.6. The Morgan fingerprint density at radius 3 is 2.52 bits per heavy atom. The van der Waals surface area contributed by atoms with E-state index in [2.05, 4.69) is 41.5 Å². The van der Waals surface area contributed by atoms with Crippen molar-refractivity contribution in [1.29, 1.82) is 0 Å². The summed E-state index contributed by atoms with van der Waals surface area (Å²) in [5.74, 6) is 0.616. The molecule has 25 heavy (non-hydrogen) atoms. The lowest BCUT2D eigenvalue weighted by Gasteiger charge is -2.33. The van der Waals surface area contributed by atoms with Crippen LogP contribution in [-0.2, 0) is 12.7 Å². The number of pyridine rings is 1. The Bertz CT molecular complexity index is 690. The Labute approximate surface area is 145 Å². The van der Waals surface area contributed by atoms with Gasteiger partial charge in [0.2, 0.25) is 0 Å². The van der Waals surface area contributed by atoms with Crippen LogP contribution < -0.4 is 10.2 Å². The standard InChI is InChI=1S/C19H22F3N3/c1-14-3-2-4-15(11-14)12-23-17-7-9-25(10-8-17)18-6-5-16(13-24-18)19(20,21)22/h2-6,11,13,17,23H,7-10,12H2,1H3. The topological polar surface area (TPSA) is 28.2 Å². The number of alkyl halides is 3. The molecule has 1 N–H and O–H groups in total. The second-order valence-corrected chi connectivity index (χ2v) is 6.53. The fourth-order valence-corrected chi connectivity index (χ4v) is 3.14. The molecule has 6 heteroatoms. The van der Waals surface area contributed by atoms with Crippen LogP contribution in [0, 0.1) is 6.92 Å².